The first-order valence-corrected chi connectivity index (χ1v) is 10.6. The van der Waals surface area contributed by atoms with Crippen molar-refractivity contribution in [1.82, 2.24) is 10.7 Å². The lowest BCUT2D eigenvalue weighted by Crippen LogP contribution is -2.42. The molecule has 2 aromatic rings. The smallest absolute Gasteiger partial charge is 0.327 e. The van der Waals surface area contributed by atoms with E-state index in [1.54, 1.807) is 12.1 Å². The average molecular weight is 464 g/mol. The van der Waals surface area contributed by atoms with Crippen LogP contribution >= 0.6 is 12.6 Å². The zero-order chi connectivity index (χ0) is 22.9. The number of sulfonamides is 1. The SMILES string of the molecule is C=CCNC(=O)C(=O)NNc1ccc(NS(=O)(=O)c2cccc(NOC(=C)S)c2)cc1. The van der Waals surface area contributed by atoms with Gasteiger partial charge < -0.3 is 10.2 Å². The fourth-order valence-corrected chi connectivity index (χ4v) is 3.26. The van der Waals surface area contributed by atoms with Crippen LogP contribution in [0.2, 0.25) is 0 Å². The third-order valence-electron chi connectivity index (χ3n) is 3.50. The summed E-state index contributed by atoms with van der Waals surface area (Å²) in [5, 5.41) is 2.45. The molecule has 0 spiro atoms. The molecule has 10 nitrogen and oxygen atoms in total. The van der Waals surface area contributed by atoms with Crippen LogP contribution in [0.5, 0.6) is 0 Å². The molecule has 2 amide bonds. The van der Waals surface area contributed by atoms with Gasteiger partial charge in [0.2, 0.25) is 0 Å². The molecule has 0 atom stereocenters. The average Bonchev–Trinajstić information content (AvgIpc) is 2.75. The number of hydrazine groups is 1. The summed E-state index contributed by atoms with van der Waals surface area (Å²) >= 11 is 3.87. The summed E-state index contributed by atoms with van der Waals surface area (Å²) in [7, 11) is -3.87. The van der Waals surface area contributed by atoms with E-state index in [4.69, 9.17) is 4.84 Å². The second-order valence-electron chi connectivity index (χ2n) is 5.89. The number of thiol groups is 1. The Morgan fingerprint density at radius 3 is 2.35 bits per heavy atom. The van der Waals surface area contributed by atoms with Crippen LogP contribution in [-0.4, -0.2) is 26.8 Å². The highest BCUT2D eigenvalue weighted by molar-refractivity contribution is 7.92. The van der Waals surface area contributed by atoms with Crippen LogP contribution in [0.4, 0.5) is 17.1 Å². The number of carbonyl (C=O) groups is 2. The van der Waals surface area contributed by atoms with Gasteiger partial charge in [0.25, 0.3) is 10.0 Å². The van der Waals surface area contributed by atoms with E-state index >= 15 is 0 Å². The highest BCUT2D eigenvalue weighted by atomic mass is 32.2. The first kappa shape index (κ1) is 23.6. The molecule has 0 fully saturated rings. The number of carbonyl (C=O) groups excluding carboxylic acids is 2. The maximum Gasteiger partial charge on any atom is 0.327 e. The van der Waals surface area contributed by atoms with Crippen LogP contribution in [-0.2, 0) is 24.4 Å². The van der Waals surface area contributed by atoms with Crippen molar-refractivity contribution >= 4 is 51.5 Å². The molecule has 2 rings (SSSR count). The van der Waals surface area contributed by atoms with Gasteiger partial charge in [-0.1, -0.05) is 12.1 Å². The summed E-state index contributed by atoms with van der Waals surface area (Å²) in [5.41, 5.74) is 8.42. The Morgan fingerprint density at radius 2 is 1.71 bits per heavy atom. The van der Waals surface area contributed by atoms with E-state index in [0.717, 1.165) is 0 Å². The van der Waals surface area contributed by atoms with Crippen molar-refractivity contribution in [3.8, 4) is 0 Å². The van der Waals surface area contributed by atoms with Gasteiger partial charge >= 0.3 is 11.8 Å². The molecular weight excluding hydrogens is 442 g/mol. The Labute approximate surface area is 185 Å². The van der Waals surface area contributed by atoms with Crippen LogP contribution in [0.1, 0.15) is 0 Å². The van der Waals surface area contributed by atoms with Gasteiger partial charge in [-0.3, -0.25) is 25.2 Å². The Balaban J connectivity index is 1.98. The summed E-state index contributed by atoms with van der Waals surface area (Å²) in [4.78, 5) is 28.0. The molecule has 0 unspecified atom stereocenters. The Bertz CT molecular complexity index is 1070. The third-order valence-corrected chi connectivity index (χ3v) is 4.97. The van der Waals surface area contributed by atoms with Gasteiger partial charge in [-0.05, 0) is 49.0 Å². The van der Waals surface area contributed by atoms with Gasteiger partial charge in [0, 0.05) is 12.2 Å². The van der Waals surface area contributed by atoms with Crippen molar-refractivity contribution in [1.29, 1.82) is 0 Å². The fourth-order valence-electron chi connectivity index (χ4n) is 2.11. The second kappa shape index (κ2) is 10.9. The standard InChI is InChI=1S/C19H21N5O5S2/c1-3-11-20-18(25)19(26)22-21-14-7-9-15(10-8-14)24-31(27,28)17-6-4-5-16(12-17)23-29-13(2)30/h3-10,12,21,23-24,30H,1-2,11H2,(H,20,25)(H,22,26). The van der Waals surface area contributed by atoms with Crippen molar-refractivity contribution in [2.75, 3.05) is 22.2 Å². The van der Waals surface area contributed by atoms with Gasteiger partial charge in [0.05, 0.1) is 16.3 Å². The molecule has 12 heteroatoms. The summed E-state index contributed by atoms with van der Waals surface area (Å²) in [6.45, 7) is 7.04. The minimum Gasteiger partial charge on any atom is -0.376 e. The van der Waals surface area contributed by atoms with Crippen molar-refractivity contribution in [3.05, 3.63) is 72.9 Å². The van der Waals surface area contributed by atoms with Crippen molar-refractivity contribution in [2.24, 2.45) is 0 Å². The highest BCUT2D eigenvalue weighted by Crippen LogP contribution is 2.21. The minimum absolute atomic E-state index is 0.00544. The van der Waals surface area contributed by atoms with Crippen LogP contribution in [0.3, 0.4) is 0 Å². The molecule has 5 N–H and O–H groups in total. The molecule has 0 radical (unpaired) electrons. The number of rotatable bonds is 10. The van der Waals surface area contributed by atoms with E-state index in [9.17, 15) is 18.0 Å². The topological polar surface area (TPSA) is 138 Å². The Kier molecular flexibility index (Phi) is 8.34. The van der Waals surface area contributed by atoms with Crippen LogP contribution < -0.4 is 26.4 Å². The second-order valence-corrected chi connectivity index (χ2v) is 8.07. The highest BCUT2D eigenvalue weighted by Gasteiger charge is 2.15. The fraction of sp³-hybridized carbons (Fsp3) is 0.0526. The molecule has 0 aliphatic rings. The maximum atomic E-state index is 12.6. The number of amides is 2. The number of benzene rings is 2. The predicted molar refractivity (Wildman–Crippen MR) is 121 cm³/mol. The number of nitrogens with one attached hydrogen (secondary N) is 5. The molecular formula is C19H21N5O5S2. The van der Waals surface area contributed by atoms with E-state index in [1.165, 1.54) is 42.5 Å². The summed E-state index contributed by atoms with van der Waals surface area (Å²) in [6, 6.07) is 12.0. The van der Waals surface area contributed by atoms with Gasteiger partial charge in [0.1, 0.15) is 0 Å². The monoisotopic (exact) mass is 463 g/mol. The first-order chi connectivity index (χ1) is 14.7. The predicted octanol–water partition coefficient (Wildman–Crippen LogP) is 1.98. The molecule has 0 heterocycles. The van der Waals surface area contributed by atoms with Gasteiger partial charge in [-0.2, -0.15) is 0 Å². The molecule has 0 aromatic heterocycles. The summed E-state index contributed by atoms with van der Waals surface area (Å²) < 4.78 is 27.7. The van der Waals surface area contributed by atoms with E-state index in [1.807, 2.05) is 0 Å². The van der Waals surface area contributed by atoms with E-state index in [2.05, 4.69) is 52.2 Å². The van der Waals surface area contributed by atoms with E-state index in [-0.39, 0.29) is 16.5 Å². The molecule has 31 heavy (non-hydrogen) atoms. The van der Waals surface area contributed by atoms with Crippen LogP contribution in [0, 0.1) is 0 Å². The number of hydrogen-bond acceptors (Lipinski definition) is 8. The van der Waals surface area contributed by atoms with E-state index in [0.29, 0.717) is 17.1 Å². The molecule has 0 aliphatic heterocycles. The van der Waals surface area contributed by atoms with Gasteiger partial charge in [-0.15, -0.1) is 19.2 Å². The molecule has 2 aromatic carbocycles. The zero-order valence-corrected chi connectivity index (χ0v) is 17.9. The zero-order valence-electron chi connectivity index (χ0n) is 16.2. The molecule has 164 valence electrons. The summed E-state index contributed by atoms with van der Waals surface area (Å²) in [6.07, 6.45) is 1.44. The van der Waals surface area contributed by atoms with Crippen molar-refractivity contribution in [3.63, 3.8) is 0 Å². The summed E-state index contributed by atoms with van der Waals surface area (Å²) in [5.74, 6) is -1.71. The third kappa shape index (κ3) is 7.60. The normalized spacial score (nSPS) is 10.4. The van der Waals surface area contributed by atoms with Crippen molar-refractivity contribution in [2.45, 2.75) is 4.90 Å². The number of hydrogen-bond donors (Lipinski definition) is 6. The first-order valence-electron chi connectivity index (χ1n) is 8.70. The number of anilines is 3. The Morgan fingerprint density at radius 1 is 1.03 bits per heavy atom. The Hall–Kier alpha value is -3.64. The lowest BCUT2D eigenvalue weighted by molar-refractivity contribution is -0.138. The van der Waals surface area contributed by atoms with Gasteiger partial charge in [0.15, 0.2) is 5.09 Å². The molecule has 0 aliphatic carbocycles. The lowest BCUT2D eigenvalue weighted by atomic mass is 10.3. The van der Waals surface area contributed by atoms with Crippen LogP contribution in [0.15, 0.2) is 77.8 Å². The lowest BCUT2D eigenvalue weighted by Gasteiger charge is -2.12. The van der Waals surface area contributed by atoms with E-state index < -0.39 is 21.8 Å². The molecule has 0 saturated carbocycles. The minimum atomic E-state index is -3.87. The van der Waals surface area contributed by atoms with Crippen LogP contribution in [0.25, 0.3) is 0 Å². The molecule has 0 bridgehead atoms. The maximum absolute atomic E-state index is 12.6. The van der Waals surface area contributed by atoms with Crippen molar-refractivity contribution < 1.29 is 22.8 Å². The molecule has 0 saturated heterocycles. The largest absolute Gasteiger partial charge is 0.376 e. The van der Waals surface area contributed by atoms with Gasteiger partial charge in [-0.25, -0.2) is 13.9 Å². The quantitative estimate of drug-likeness (QED) is 0.104.